The summed E-state index contributed by atoms with van der Waals surface area (Å²) in [6.45, 7) is 7.43. The van der Waals surface area contributed by atoms with E-state index in [0.29, 0.717) is 6.54 Å². The zero-order valence-corrected chi connectivity index (χ0v) is 18.2. The Balaban J connectivity index is 1.86. The average molecular weight is 430 g/mol. The molecule has 0 bridgehead atoms. The number of halogens is 2. The Bertz CT molecular complexity index is 944. The lowest BCUT2D eigenvalue weighted by molar-refractivity contribution is -0.129. The molecule has 2 aromatic rings. The highest BCUT2D eigenvalue weighted by Crippen LogP contribution is 2.36. The van der Waals surface area contributed by atoms with Gasteiger partial charge in [0.25, 0.3) is 0 Å². The maximum absolute atomic E-state index is 14.6. The molecule has 5 nitrogen and oxygen atoms in total. The lowest BCUT2D eigenvalue weighted by atomic mass is 9.91. The minimum atomic E-state index is -0.840. The quantitative estimate of drug-likeness (QED) is 0.715. The zero-order chi connectivity index (χ0) is 22.8. The number of nitrogens with one attached hydrogen (secondary N) is 1. The van der Waals surface area contributed by atoms with Gasteiger partial charge in [-0.2, -0.15) is 0 Å². The number of amides is 2. The molecule has 1 unspecified atom stereocenters. The zero-order valence-electron chi connectivity index (χ0n) is 18.2. The largest absolute Gasteiger partial charge is 0.444 e. The normalized spacial score (nSPS) is 18.6. The van der Waals surface area contributed by atoms with E-state index < -0.39 is 35.3 Å². The van der Waals surface area contributed by atoms with Crippen molar-refractivity contribution in [1.82, 2.24) is 10.2 Å². The highest BCUT2D eigenvalue weighted by Gasteiger charge is 2.40. The second-order valence-corrected chi connectivity index (χ2v) is 8.89. The minimum Gasteiger partial charge on any atom is -0.444 e. The molecule has 1 heterocycles. The van der Waals surface area contributed by atoms with Crippen molar-refractivity contribution in [3.63, 3.8) is 0 Å². The van der Waals surface area contributed by atoms with Crippen LogP contribution in [0.3, 0.4) is 0 Å². The smallest absolute Gasteiger partial charge is 0.408 e. The number of benzene rings is 2. The van der Waals surface area contributed by atoms with Gasteiger partial charge in [-0.1, -0.05) is 36.4 Å². The molecule has 0 aliphatic carbocycles. The monoisotopic (exact) mass is 430 g/mol. The predicted molar refractivity (Wildman–Crippen MR) is 113 cm³/mol. The van der Waals surface area contributed by atoms with Gasteiger partial charge < -0.3 is 15.0 Å². The Morgan fingerprint density at radius 3 is 2.45 bits per heavy atom. The first-order chi connectivity index (χ1) is 14.5. The van der Waals surface area contributed by atoms with Crippen LogP contribution in [0.25, 0.3) is 0 Å². The number of alkyl carbamates (subject to hydrolysis) is 1. The van der Waals surface area contributed by atoms with Crippen molar-refractivity contribution < 1.29 is 23.1 Å². The molecule has 0 saturated carbocycles. The van der Waals surface area contributed by atoms with Crippen molar-refractivity contribution >= 4 is 12.0 Å². The van der Waals surface area contributed by atoms with Crippen LogP contribution in [0.1, 0.15) is 57.3 Å². The number of carbonyl (C=O) groups excluding carboxylic acids is 2. The number of ether oxygens (including phenoxy) is 1. The summed E-state index contributed by atoms with van der Waals surface area (Å²) in [6.07, 6.45) is -0.586. The van der Waals surface area contributed by atoms with Gasteiger partial charge in [0.1, 0.15) is 17.2 Å². The first-order valence-corrected chi connectivity index (χ1v) is 10.3. The van der Waals surface area contributed by atoms with E-state index in [-0.39, 0.29) is 23.9 Å². The van der Waals surface area contributed by atoms with Gasteiger partial charge in [-0.25, -0.2) is 13.6 Å². The van der Waals surface area contributed by atoms with Crippen LogP contribution in [-0.2, 0) is 9.53 Å². The molecule has 166 valence electrons. The van der Waals surface area contributed by atoms with Gasteiger partial charge in [-0.15, -0.1) is 0 Å². The molecule has 1 fully saturated rings. The van der Waals surface area contributed by atoms with Crippen molar-refractivity contribution in [3.05, 3.63) is 71.3 Å². The van der Waals surface area contributed by atoms with E-state index in [1.54, 1.807) is 25.7 Å². The molecule has 2 amide bonds. The van der Waals surface area contributed by atoms with Gasteiger partial charge in [0.15, 0.2) is 0 Å². The third-order valence-corrected chi connectivity index (χ3v) is 5.38. The van der Waals surface area contributed by atoms with E-state index in [0.717, 1.165) is 17.7 Å². The number of likely N-dealkylation sites (tertiary alicyclic amines) is 1. The van der Waals surface area contributed by atoms with Crippen molar-refractivity contribution in [1.29, 1.82) is 0 Å². The summed E-state index contributed by atoms with van der Waals surface area (Å²) in [5.41, 5.74) is 0.371. The van der Waals surface area contributed by atoms with E-state index in [9.17, 15) is 18.4 Å². The Hall–Kier alpha value is -2.96. The fourth-order valence-corrected chi connectivity index (χ4v) is 3.91. The number of rotatable bonds is 5. The van der Waals surface area contributed by atoms with Crippen molar-refractivity contribution in [2.75, 3.05) is 6.54 Å². The third kappa shape index (κ3) is 5.60. The molecule has 2 aromatic carbocycles. The Kier molecular flexibility index (Phi) is 6.62. The molecule has 0 aromatic heterocycles. The first kappa shape index (κ1) is 22.7. The Morgan fingerprint density at radius 2 is 1.84 bits per heavy atom. The standard InChI is InChI=1S/C24H28F2N2O3/c1-15(16-8-6-5-7-9-16)28-14-17(12-21(28)29)22(27-23(30)31-24(2,3)4)19-11-10-18(25)13-20(19)26/h5-11,13,15,17,22H,12,14H2,1-4H3,(H,27,30)/t15-,17-,22?/m1/s1. The van der Waals surface area contributed by atoms with Gasteiger partial charge in [0, 0.05) is 30.5 Å². The maximum Gasteiger partial charge on any atom is 0.408 e. The fourth-order valence-electron chi connectivity index (χ4n) is 3.91. The minimum absolute atomic E-state index is 0.0835. The molecule has 3 atom stereocenters. The molecule has 7 heteroatoms. The van der Waals surface area contributed by atoms with Crippen LogP contribution in [0.4, 0.5) is 13.6 Å². The summed E-state index contributed by atoms with van der Waals surface area (Å²) in [7, 11) is 0. The molecule has 1 N–H and O–H groups in total. The topological polar surface area (TPSA) is 58.6 Å². The van der Waals surface area contributed by atoms with Gasteiger partial charge in [-0.05, 0) is 39.3 Å². The van der Waals surface area contributed by atoms with Crippen LogP contribution in [-0.4, -0.2) is 29.0 Å². The molecular weight excluding hydrogens is 402 g/mol. The molecule has 1 saturated heterocycles. The SMILES string of the molecule is C[C@H](c1ccccc1)N1C[C@H](C(NC(=O)OC(C)(C)C)c2ccc(F)cc2F)CC1=O. The van der Waals surface area contributed by atoms with Crippen LogP contribution in [0.2, 0.25) is 0 Å². The number of nitrogens with zero attached hydrogens (tertiary/aromatic N) is 1. The highest BCUT2D eigenvalue weighted by molar-refractivity contribution is 5.79. The Labute approximate surface area is 181 Å². The molecule has 0 radical (unpaired) electrons. The Morgan fingerprint density at radius 1 is 1.16 bits per heavy atom. The molecule has 3 rings (SSSR count). The summed E-state index contributed by atoms with van der Waals surface area (Å²) in [5.74, 6) is -1.96. The van der Waals surface area contributed by atoms with Crippen LogP contribution < -0.4 is 5.32 Å². The van der Waals surface area contributed by atoms with Crippen LogP contribution >= 0.6 is 0 Å². The maximum atomic E-state index is 14.6. The van der Waals surface area contributed by atoms with Crippen molar-refractivity contribution in [3.8, 4) is 0 Å². The molecule has 31 heavy (non-hydrogen) atoms. The van der Waals surface area contributed by atoms with E-state index in [1.807, 2.05) is 37.3 Å². The molecule has 1 aliphatic rings. The predicted octanol–water partition coefficient (Wildman–Crippen LogP) is 5.14. The van der Waals surface area contributed by atoms with E-state index in [2.05, 4.69) is 5.32 Å². The van der Waals surface area contributed by atoms with E-state index >= 15 is 0 Å². The summed E-state index contributed by atoms with van der Waals surface area (Å²) < 4.78 is 33.4. The lowest BCUT2D eigenvalue weighted by Gasteiger charge is -2.29. The van der Waals surface area contributed by atoms with Gasteiger partial charge in [-0.3, -0.25) is 4.79 Å². The van der Waals surface area contributed by atoms with Crippen LogP contribution in [0.15, 0.2) is 48.5 Å². The fraction of sp³-hybridized carbons (Fsp3) is 0.417. The van der Waals surface area contributed by atoms with Crippen molar-refractivity contribution in [2.24, 2.45) is 5.92 Å². The first-order valence-electron chi connectivity index (χ1n) is 10.3. The van der Waals surface area contributed by atoms with Crippen LogP contribution in [0.5, 0.6) is 0 Å². The highest BCUT2D eigenvalue weighted by atomic mass is 19.1. The summed E-state index contributed by atoms with van der Waals surface area (Å²) in [6, 6.07) is 11.8. The molecule has 0 spiro atoms. The number of carbonyl (C=O) groups is 2. The van der Waals surface area contributed by atoms with Crippen LogP contribution in [0, 0.1) is 17.6 Å². The number of hydrogen-bond acceptors (Lipinski definition) is 3. The van der Waals surface area contributed by atoms with Crippen molar-refractivity contribution in [2.45, 2.75) is 51.8 Å². The summed E-state index contributed by atoms with van der Waals surface area (Å²) in [5, 5.41) is 2.71. The second-order valence-electron chi connectivity index (χ2n) is 8.89. The third-order valence-electron chi connectivity index (χ3n) is 5.38. The van der Waals surface area contributed by atoms with Gasteiger partial charge >= 0.3 is 6.09 Å². The summed E-state index contributed by atoms with van der Waals surface area (Å²) in [4.78, 5) is 27.0. The molecular formula is C24H28F2N2O3. The molecule has 1 aliphatic heterocycles. The lowest BCUT2D eigenvalue weighted by Crippen LogP contribution is -2.39. The number of hydrogen-bond donors (Lipinski definition) is 1. The second kappa shape index (κ2) is 9.04. The van der Waals surface area contributed by atoms with E-state index in [4.69, 9.17) is 4.74 Å². The average Bonchev–Trinajstić information content (AvgIpc) is 3.07. The van der Waals surface area contributed by atoms with Gasteiger partial charge in [0.05, 0.1) is 12.1 Å². The summed E-state index contributed by atoms with van der Waals surface area (Å²) >= 11 is 0. The van der Waals surface area contributed by atoms with Gasteiger partial charge in [0.2, 0.25) is 5.91 Å². The van der Waals surface area contributed by atoms with E-state index in [1.165, 1.54) is 6.07 Å².